The van der Waals surface area contributed by atoms with Crippen molar-refractivity contribution in [2.45, 2.75) is 131 Å². The highest BCUT2D eigenvalue weighted by Gasteiger charge is 2.58. The van der Waals surface area contributed by atoms with Crippen LogP contribution in [0.25, 0.3) is 0 Å². The van der Waals surface area contributed by atoms with Gasteiger partial charge in [0.1, 0.15) is 17.9 Å². The number of hydrogen-bond acceptors (Lipinski definition) is 4. The number of alkyl halides is 1. The Kier molecular flexibility index (Phi) is 13.2. The Hall–Kier alpha value is -1.80. The summed E-state index contributed by atoms with van der Waals surface area (Å²) in [5.41, 5.74) is 4.26. The monoisotopic (exact) mass is 708 g/mol. The van der Waals surface area contributed by atoms with Crippen molar-refractivity contribution in [1.82, 2.24) is 0 Å². The maximum absolute atomic E-state index is 7.73. The van der Waals surface area contributed by atoms with Crippen LogP contribution in [-0.2, 0) is 22.2 Å². The molecular formula is C41H59ClNO3SSi+. The number of quaternary nitrogens is 1. The number of ether oxygens (including phenoxy) is 2. The van der Waals surface area contributed by atoms with Crippen LogP contribution in [0.3, 0.4) is 0 Å². The van der Waals surface area contributed by atoms with Crippen LogP contribution in [0.2, 0.25) is 16.6 Å². The molecule has 48 heavy (non-hydrogen) atoms. The minimum atomic E-state index is -2.11. The second-order valence-corrected chi connectivity index (χ2v) is 22.4. The van der Waals surface area contributed by atoms with Crippen LogP contribution in [0, 0.1) is 5.92 Å². The van der Waals surface area contributed by atoms with Gasteiger partial charge in [0.05, 0.1) is 25.4 Å². The Morgan fingerprint density at radius 3 is 2.06 bits per heavy atom. The van der Waals surface area contributed by atoms with Crippen LogP contribution in [-0.4, -0.2) is 50.3 Å². The van der Waals surface area contributed by atoms with Crippen molar-refractivity contribution in [3.05, 3.63) is 96.1 Å². The van der Waals surface area contributed by atoms with Crippen LogP contribution >= 0.6 is 23.4 Å². The lowest BCUT2D eigenvalue weighted by atomic mass is 9.65. The van der Waals surface area contributed by atoms with E-state index in [9.17, 15) is 0 Å². The number of halogens is 1. The zero-order valence-corrected chi connectivity index (χ0v) is 32.8. The Morgan fingerprint density at radius 1 is 0.854 bits per heavy atom. The van der Waals surface area contributed by atoms with Gasteiger partial charge >= 0.3 is 0 Å². The first-order chi connectivity index (χ1) is 23.1. The van der Waals surface area contributed by atoms with E-state index in [-0.39, 0.29) is 23.8 Å². The number of benzene rings is 3. The zero-order chi connectivity index (χ0) is 34.3. The van der Waals surface area contributed by atoms with Crippen LogP contribution in [0.1, 0.15) is 78.4 Å². The molecule has 7 heteroatoms. The summed E-state index contributed by atoms with van der Waals surface area (Å²) in [5, 5.41) is 3.06. The fraction of sp³-hybridized carbons (Fsp3) is 0.561. The first kappa shape index (κ1) is 37.5. The number of thioether (sulfide) groups is 1. The van der Waals surface area contributed by atoms with Crippen molar-refractivity contribution in [1.29, 1.82) is 0 Å². The number of piperidine rings is 1. The van der Waals surface area contributed by atoms with Crippen LogP contribution < -0.4 is 10.1 Å². The van der Waals surface area contributed by atoms with Crippen molar-refractivity contribution >= 4 is 31.7 Å². The molecule has 5 rings (SSSR count). The molecule has 1 aliphatic carbocycles. The SMILES string of the molecule is COc1ccc(CC2[NH2+]C3(CC(CCl)Sc4ccccc4)CCC(O[Si](C(C)C)(C(C)C)C(C)C)C(C3)C2OCc2ccccc2)cc1. The summed E-state index contributed by atoms with van der Waals surface area (Å²) in [7, 11) is -0.379. The minimum absolute atomic E-state index is 0.0696. The largest absolute Gasteiger partial charge is 0.497 e. The van der Waals surface area contributed by atoms with Crippen LogP contribution in [0.15, 0.2) is 89.8 Å². The van der Waals surface area contributed by atoms with Crippen molar-refractivity contribution in [3.8, 4) is 5.75 Å². The second-order valence-electron chi connectivity index (χ2n) is 15.3. The van der Waals surface area contributed by atoms with Crippen molar-refractivity contribution < 1.29 is 19.2 Å². The third kappa shape index (κ3) is 8.73. The van der Waals surface area contributed by atoms with Gasteiger partial charge in [-0.25, -0.2) is 0 Å². The lowest BCUT2D eigenvalue weighted by Crippen LogP contribution is -3.06. The zero-order valence-electron chi connectivity index (χ0n) is 30.2. The first-order valence-corrected chi connectivity index (χ1v) is 21.7. The molecule has 262 valence electrons. The normalized spacial score (nSPS) is 25.1. The summed E-state index contributed by atoms with van der Waals surface area (Å²) < 4.78 is 20.4. The summed E-state index contributed by atoms with van der Waals surface area (Å²) in [5.74, 6) is 1.85. The molecule has 2 bridgehead atoms. The maximum atomic E-state index is 7.73. The lowest BCUT2D eigenvalue weighted by Gasteiger charge is -2.56. The van der Waals surface area contributed by atoms with E-state index in [0.717, 1.165) is 37.9 Å². The van der Waals surface area contributed by atoms with Crippen molar-refractivity contribution in [3.63, 3.8) is 0 Å². The first-order valence-electron chi connectivity index (χ1n) is 18.2. The molecule has 3 aromatic rings. The molecule has 6 unspecified atom stereocenters. The molecule has 1 aliphatic heterocycles. The Morgan fingerprint density at radius 2 is 1.48 bits per heavy atom. The molecule has 2 fully saturated rings. The average molecular weight is 710 g/mol. The van der Waals surface area contributed by atoms with E-state index in [4.69, 9.17) is 25.5 Å². The number of methoxy groups -OCH3 is 1. The van der Waals surface area contributed by atoms with Gasteiger partial charge in [-0.05, 0) is 58.4 Å². The molecule has 1 saturated carbocycles. The summed E-state index contributed by atoms with van der Waals surface area (Å²) in [4.78, 5) is 1.30. The van der Waals surface area contributed by atoms with Gasteiger partial charge in [-0.15, -0.1) is 23.4 Å². The quantitative estimate of drug-likeness (QED) is 0.0915. The standard InChI is InChI=1S/C41H58ClNO3SSi/c1-29(2)48(30(3)4,31(5)6)46-39-22-23-41(25-36(27-42)47-35-16-12-9-13-17-35)26-37(39)40(45-28-33-14-10-8-11-15-33)38(43-41)24-32-18-20-34(44-7)21-19-32/h8-21,29-31,36-40,43H,22-28H2,1-7H3/p+1. The van der Waals surface area contributed by atoms with E-state index in [1.807, 2.05) is 11.8 Å². The average Bonchev–Trinajstić information content (AvgIpc) is 3.08. The molecule has 2 aliphatic rings. The van der Waals surface area contributed by atoms with Gasteiger partial charge in [0.25, 0.3) is 0 Å². The highest BCUT2D eigenvalue weighted by atomic mass is 35.5. The molecule has 3 aromatic carbocycles. The smallest absolute Gasteiger partial charge is 0.200 e. The summed E-state index contributed by atoms with van der Waals surface area (Å²) in [6.07, 6.45) is 5.59. The van der Waals surface area contributed by atoms with E-state index < -0.39 is 8.32 Å². The highest BCUT2D eigenvalue weighted by molar-refractivity contribution is 8.00. The van der Waals surface area contributed by atoms with Crippen LogP contribution in [0.4, 0.5) is 0 Å². The summed E-state index contributed by atoms with van der Waals surface area (Å²) in [6.45, 7) is 15.1. The fourth-order valence-electron chi connectivity index (χ4n) is 9.26. The van der Waals surface area contributed by atoms with E-state index in [1.165, 1.54) is 16.0 Å². The predicted octanol–water partition coefficient (Wildman–Crippen LogP) is 9.66. The molecule has 4 nitrogen and oxygen atoms in total. The molecule has 0 radical (unpaired) electrons. The van der Waals surface area contributed by atoms with Gasteiger partial charge in [0.15, 0.2) is 0 Å². The minimum Gasteiger partial charge on any atom is -0.497 e. The van der Waals surface area contributed by atoms with E-state index >= 15 is 0 Å². The molecule has 0 amide bonds. The molecule has 0 spiro atoms. The predicted molar refractivity (Wildman–Crippen MR) is 205 cm³/mol. The van der Waals surface area contributed by atoms with Crippen molar-refractivity contribution in [2.24, 2.45) is 5.92 Å². The maximum Gasteiger partial charge on any atom is 0.200 e. The van der Waals surface area contributed by atoms with E-state index in [0.29, 0.717) is 40.3 Å². The Bertz CT molecular complexity index is 1370. The van der Waals surface area contributed by atoms with Gasteiger partial charge in [-0.2, -0.15) is 0 Å². The Balaban J connectivity index is 1.52. The topological polar surface area (TPSA) is 44.3 Å². The van der Waals surface area contributed by atoms with Crippen molar-refractivity contribution in [2.75, 3.05) is 13.0 Å². The molecule has 6 atom stereocenters. The fourth-order valence-corrected chi connectivity index (χ4v) is 16.4. The van der Waals surface area contributed by atoms with Gasteiger partial charge in [0.2, 0.25) is 8.32 Å². The Labute approximate surface area is 301 Å². The highest BCUT2D eigenvalue weighted by Crippen LogP contribution is 2.49. The summed E-state index contributed by atoms with van der Waals surface area (Å²) >= 11 is 8.72. The number of hydrogen-bond donors (Lipinski definition) is 1. The molecule has 0 aromatic heterocycles. The van der Waals surface area contributed by atoms with Gasteiger partial charge in [-0.3, -0.25) is 0 Å². The van der Waals surface area contributed by atoms with E-state index in [2.05, 4.69) is 132 Å². The number of rotatable bonds is 16. The number of fused-ring (bicyclic) bond motifs is 2. The van der Waals surface area contributed by atoms with Gasteiger partial charge in [-0.1, -0.05) is 102 Å². The van der Waals surface area contributed by atoms with E-state index in [1.54, 1.807) is 7.11 Å². The molecular weight excluding hydrogens is 650 g/mol. The molecule has 1 heterocycles. The third-order valence-corrected chi connectivity index (χ3v) is 19.2. The lowest BCUT2D eigenvalue weighted by molar-refractivity contribution is -0.780. The molecule has 2 N–H and O–H groups in total. The number of nitrogens with two attached hydrogens (primary N) is 1. The summed E-state index contributed by atoms with van der Waals surface area (Å²) in [6, 6.07) is 30.4. The third-order valence-electron chi connectivity index (χ3n) is 11.3. The van der Waals surface area contributed by atoms with Gasteiger partial charge < -0.3 is 19.2 Å². The molecule has 1 saturated heterocycles. The second kappa shape index (κ2) is 16.9. The van der Waals surface area contributed by atoms with Crippen LogP contribution in [0.5, 0.6) is 5.75 Å². The van der Waals surface area contributed by atoms with Gasteiger partial charge in [0, 0.05) is 47.6 Å².